The summed E-state index contributed by atoms with van der Waals surface area (Å²) in [6.07, 6.45) is 0. The molecule has 0 bridgehead atoms. The summed E-state index contributed by atoms with van der Waals surface area (Å²) in [4.78, 5) is 28.2. The third-order valence-corrected chi connectivity index (χ3v) is 6.69. The first-order valence-corrected chi connectivity index (χ1v) is 11.1. The molecule has 0 saturated carbocycles. The normalized spacial score (nSPS) is 11.6. The van der Waals surface area contributed by atoms with Gasteiger partial charge in [0, 0.05) is 11.9 Å². The number of imidazole rings is 1. The van der Waals surface area contributed by atoms with E-state index in [1.165, 1.54) is 11.3 Å². The Labute approximate surface area is 188 Å². The number of nitrogens with one attached hydrogen (secondary N) is 1. The molecule has 3 aromatic heterocycles. The number of aromatic amines is 1. The van der Waals surface area contributed by atoms with Crippen molar-refractivity contribution in [3.05, 3.63) is 76.6 Å². The van der Waals surface area contributed by atoms with Crippen LogP contribution in [-0.2, 0) is 20.1 Å². The molecule has 0 aliphatic rings. The number of nitrogens with zero attached hydrogens (tertiary/aromatic N) is 4. The molecule has 162 valence electrons. The van der Waals surface area contributed by atoms with Crippen LogP contribution in [0.1, 0.15) is 11.6 Å². The van der Waals surface area contributed by atoms with E-state index >= 15 is 0 Å². The zero-order valence-electron chi connectivity index (χ0n) is 18.1. The number of methoxy groups -OCH3 is 1. The zero-order valence-corrected chi connectivity index (χ0v) is 18.9. The van der Waals surface area contributed by atoms with Crippen molar-refractivity contribution in [1.29, 1.82) is 0 Å². The van der Waals surface area contributed by atoms with Crippen LogP contribution < -0.4 is 10.3 Å². The van der Waals surface area contributed by atoms with Crippen molar-refractivity contribution in [1.82, 2.24) is 24.4 Å². The molecule has 8 heteroatoms. The maximum atomic E-state index is 12.7. The first kappa shape index (κ1) is 20.4. The second-order valence-electron chi connectivity index (χ2n) is 7.81. The number of aromatic nitrogens is 4. The van der Waals surface area contributed by atoms with E-state index in [2.05, 4.69) is 20.5 Å². The largest absolute Gasteiger partial charge is 0.497 e. The van der Waals surface area contributed by atoms with Crippen LogP contribution in [0.4, 0.5) is 0 Å². The van der Waals surface area contributed by atoms with Crippen LogP contribution in [0.5, 0.6) is 5.75 Å². The summed E-state index contributed by atoms with van der Waals surface area (Å²) in [5.74, 6) is 2.41. The standard InChI is InChI=1S/C24H23N5O2S/c1-28(14-22-26-17-6-4-5-7-19(17)29(22)2)13-21-25-18-12-20(32-23(18)24(30)27-21)15-8-10-16(31-3)11-9-15/h4-12H,13-14H2,1-3H3,(H,25,27,30). The Morgan fingerprint density at radius 1 is 1.06 bits per heavy atom. The summed E-state index contributed by atoms with van der Waals surface area (Å²) in [6.45, 7) is 1.16. The molecule has 2 aromatic carbocycles. The summed E-state index contributed by atoms with van der Waals surface area (Å²) in [5, 5.41) is 0. The van der Waals surface area contributed by atoms with Crippen LogP contribution in [0.2, 0.25) is 0 Å². The molecule has 0 amide bonds. The van der Waals surface area contributed by atoms with E-state index < -0.39 is 0 Å². The van der Waals surface area contributed by atoms with Gasteiger partial charge in [0.2, 0.25) is 0 Å². The monoisotopic (exact) mass is 445 g/mol. The molecular formula is C24H23N5O2S. The molecule has 0 atom stereocenters. The van der Waals surface area contributed by atoms with Gasteiger partial charge in [-0.25, -0.2) is 9.97 Å². The van der Waals surface area contributed by atoms with Gasteiger partial charge < -0.3 is 14.3 Å². The van der Waals surface area contributed by atoms with E-state index in [4.69, 9.17) is 14.7 Å². The molecule has 0 aliphatic heterocycles. The van der Waals surface area contributed by atoms with E-state index in [0.29, 0.717) is 23.6 Å². The predicted octanol–water partition coefficient (Wildman–Crippen LogP) is 4.18. The molecule has 3 heterocycles. The topological polar surface area (TPSA) is 76.0 Å². The van der Waals surface area contributed by atoms with Crippen LogP contribution in [0.15, 0.2) is 59.4 Å². The number of H-pyrrole nitrogens is 1. The van der Waals surface area contributed by atoms with Crippen molar-refractivity contribution in [2.75, 3.05) is 14.2 Å². The van der Waals surface area contributed by atoms with E-state index in [-0.39, 0.29) is 5.56 Å². The fraction of sp³-hybridized carbons (Fsp3) is 0.208. The summed E-state index contributed by atoms with van der Waals surface area (Å²) in [5.41, 5.74) is 3.74. The summed E-state index contributed by atoms with van der Waals surface area (Å²) in [7, 11) is 5.67. The number of hydrogen-bond donors (Lipinski definition) is 1. The van der Waals surface area contributed by atoms with Crippen LogP contribution in [0.3, 0.4) is 0 Å². The fourth-order valence-corrected chi connectivity index (χ4v) is 4.85. The lowest BCUT2D eigenvalue weighted by Crippen LogP contribution is -2.22. The maximum absolute atomic E-state index is 12.7. The van der Waals surface area contributed by atoms with E-state index in [9.17, 15) is 4.79 Å². The average molecular weight is 446 g/mol. The quantitative estimate of drug-likeness (QED) is 0.424. The van der Waals surface area contributed by atoms with Gasteiger partial charge in [0.05, 0.1) is 36.7 Å². The number of thiophene rings is 1. The molecule has 5 aromatic rings. The highest BCUT2D eigenvalue weighted by molar-refractivity contribution is 7.22. The molecule has 0 spiro atoms. The van der Waals surface area contributed by atoms with E-state index in [0.717, 1.165) is 38.6 Å². The SMILES string of the molecule is COc1ccc(-c2cc3nc(CN(C)Cc4nc5ccccc5n4C)[nH]c(=O)c3s2)cc1. The van der Waals surface area contributed by atoms with Crippen LogP contribution in [0.25, 0.3) is 31.7 Å². The second-order valence-corrected chi connectivity index (χ2v) is 8.87. The molecule has 0 aliphatic carbocycles. The van der Waals surface area contributed by atoms with Crippen LogP contribution >= 0.6 is 11.3 Å². The number of para-hydroxylation sites is 2. The summed E-state index contributed by atoms with van der Waals surface area (Å²) in [6, 6.07) is 17.9. The van der Waals surface area contributed by atoms with Crippen molar-refractivity contribution in [2.45, 2.75) is 13.1 Å². The molecule has 0 unspecified atom stereocenters. The van der Waals surface area contributed by atoms with Crippen molar-refractivity contribution in [3.8, 4) is 16.2 Å². The van der Waals surface area contributed by atoms with Crippen molar-refractivity contribution < 1.29 is 4.74 Å². The van der Waals surface area contributed by atoms with E-state index in [1.807, 2.05) is 62.6 Å². The summed E-state index contributed by atoms with van der Waals surface area (Å²) >= 11 is 1.45. The third-order valence-electron chi connectivity index (χ3n) is 5.52. The van der Waals surface area contributed by atoms with Gasteiger partial charge >= 0.3 is 0 Å². The van der Waals surface area contributed by atoms with Gasteiger partial charge in [-0.2, -0.15) is 0 Å². The minimum absolute atomic E-state index is 0.106. The van der Waals surface area contributed by atoms with Crippen LogP contribution in [-0.4, -0.2) is 38.6 Å². The second kappa shape index (κ2) is 8.22. The molecule has 1 N–H and O–H groups in total. The van der Waals surface area contributed by atoms with Crippen molar-refractivity contribution in [2.24, 2.45) is 7.05 Å². The molecule has 32 heavy (non-hydrogen) atoms. The third kappa shape index (κ3) is 3.79. The van der Waals surface area contributed by atoms with Gasteiger partial charge in [-0.3, -0.25) is 9.69 Å². The lowest BCUT2D eigenvalue weighted by Gasteiger charge is -2.15. The van der Waals surface area contributed by atoms with Crippen molar-refractivity contribution in [3.63, 3.8) is 0 Å². The van der Waals surface area contributed by atoms with Gasteiger partial charge in [-0.05, 0) is 55.1 Å². The molecule has 0 saturated heterocycles. The number of benzene rings is 2. The molecule has 0 radical (unpaired) electrons. The highest BCUT2D eigenvalue weighted by Gasteiger charge is 2.14. The summed E-state index contributed by atoms with van der Waals surface area (Å²) < 4.78 is 7.97. The van der Waals surface area contributed by atoms with Gasteiger partial charge in [0.1, 0.15) is 22.1 Å². The molecule has 5 rings (SSSR count). The van der Waals surface area contributed by atoms with Gasteiger partial charge in [0.25, 0.3) is 5.56 Å². The van der Waals surface area contributed by atoms with Crippen LogP contribution in [0, 0.1) is 0 Å². The Hall–Kier alpha value is -3.49. The number of rotatable bonds is 6. The Bertz CT molecular complexity index is 1470. The van der Waals surface area contributed by atoms with Gasteiger partial charge in [-0.15, -0.1) is 11.3 Å². The van der Waals surface area contributed by atoms with Crippen molar-refractivity contribution >= 4 is 32.6 Å². The zero-order chi connectivity index (χ0) is 22.2. The maximum Gasteiger partial charge on any atom is 0.268 e. The highest BCUT2D eigenvalue weighted by atomic mass is 32.1. The Balaban J connectivity index is 1.39. The Kier molecular flexibility index (Phi) is 5.24. The van der Waals surface area contributed by atoms with Gasteiger partial charge in [0.15, 0.2) is 0 Å². The number of ether oxygens (including phenoxy) is 1. The predicted molar refractivity (Wildman–Crippen MR) is 128 cm³/mol. The first-order valence-electron chi connectivity index (χ1n) is 10.3. The number of hydrogen-bond acceptors (Lipinski definition) is 6. The fourth-order valence-electron chi connectivity index (χ4n) is 3.85. The number of fused-ring (bicyclic) bond motifs is 2. The minimum Gasteiger partial charge on any atom is -0.497 e. The highest BCUT2D eigenvalue weighted by Crippen LogP contribution is 2.31. The smallest absolute Gasteiger partial charge is 0.268 e. The molecule has 7 nitrogen and oxygen atoms in total. The average Bonchev–Trinajstić information content (AvgIpc) is 3.36. The molecular weight excluding hydrogens is 422 g/mol. The minimum atomic E-state index is -0.106. The first-order chi connectivity index (χ1) is 15.5. The number of aryl methyl sites for hydroxylation is 1. The Morgan fingerprint density at radius 3 is 2.59 bits per heavy atom. The molecule has 0 fully saturated rings. The van der Waals surface area contributed by atoms with Gasteiger partial charge in [-0.1, -0.05) is 12.1 Å². The van der Waals surface area contributed by atoms with E-state index in [1.54, 1.807) is 7.11 Å². The lowest BCUT2D eigenvalue weighted by molar-refractivity contribution is 0.300. The Morgan fingerprint density at radius 2 is 1.84 bits per heavy atom. The lowest BCUT2D eigenvalue weighted by atomic mass is 10.2.